The first-order chi connectivity index (χ1) is 19.0. The number of rotatable bonds is 13. The second-order valence-electron chi connectivity index (χ2n) is 9.94. The summed E-state index contributed by atoms with van der Waals surface area (Å²) in [6.45, 7) is 0.642. The predicted octanol–water partition coefficient (Wildman–Crippen LogP) is 6.21. The second-order valence-corrected chi connectivity index (χ2v) is 10.3. The lowest BCUT2D eigenvalue weighted by Crippen LogP contribution is -2.52. The lowest BCUT2D eigenvalue weighted by molar-refractivity contribution is -0.141. The Morgan fingerprint density at radius 1 is 0.949 bits per heavy atom. The van der Waals surface area contributed by atoms with Gasteiger partial charge in [-0.25, -0.2) is 0 Å². The molecule has 0 heterocycles. The molecule has 1 aliphatic carbocycles. The Morgan fingerprint density at radius 2 is 1.62 bits per heavy atom. The summed E-state index contributed by atoms with van der Waals surface area (Å²) in [6, 6.07) is 24.2. The van der Waals surface area contributed by atoms with Crippen LogP contribution in [0.25, 0.3) is 0 Å². The number of nitrogens with zero attached hydrogens (tertiary/aromatic N) is 1. The minimum absolute atomic E-state index is 0.101. The van der Waals surface area contributed by atoms with Crippen LogP contribution in [0.5, 0.6) is 11.5 Å². The van der Waals surface area contributed by atoms with Gasteiger partial charge in [-0.2, -0.15) is 0 Å². The standard InChI is InChI=1S/C32H37ClN2O4/c1-38-27-17-19-28(20-18-27)39-21-9-16-31(36)35(23-25-12-5-8-15-29(25)33)30(22-24-10-3-2-4-11-24)32(37)34-26-13-6-7-14-26/h2-5,8,10-12,15,17-20,26,30H,6-7,9,13-14,16,21-23H2,1H3,(H,34,37)/t30-/m0/s1. The van der Waals surface area contributed by atoms with Gasteiger partial charge in [0.15, 0.2) is 0 Å². The molecule has 7 heteroatoms. The van der Waals surface area contributed by atoms with Crippen molar-refractivity contribution >= 4 is 23.4 Å². The number of methoxy groups -OCH3 is 1. The summed E-state index contributed by atoms with van der Waals surface area (Å²) in [5.74, 6) is 1.26. The number of amides is 2. The molecule has 0 saturated heterocycles. The zero-order chi connectivity index (χ0) is 27.5. The van der Waals surface area contributed by atoms with Crippen molar-refractivity contribution < 1.29 is 19.1 Å². The minimum Gasteiger partial charge on any atom is -0.497 e. The highest BCUT2D eigenvalue weighted by atomic mass is 35.5. The highest BCUT2D eigenvalue weighted by molar-refractivity contribution is 6.31. The lowest BCUT2D eigenvalue weighted by atomic mass is 10.0. The Balaban J connectivity index is 1.50. The van der Waals surface area contributed by atoms with Crippen molar-refractivity contribution in [2.24, 2.45) is 0 Å². The molecule has 0 spiro atoms. The van der Waals surface area contributed by atoms with Crippen molar-refractivity contribution in [3.8, 4) is 11.5 Å². The highest BCUT2D eigenvalue weighted by Gasteiger charge is 2.32. The van der Waals surface area contributed by atoms with Gasteiger partial charge < -0.3 is 19.7 Å². The van der Waals surface area contributed by atoms with Gasteiger partial charge in [0, 0.05) is 30.5 Å². The Kier molecular flexibility index (Phi) is 10.7. The van der Waals surface area contributed by atoms with E-state index >= 15 is 0 Å². The zero-order valence-corrected chi connectivity index (χ0v) is 23.2. The Morgan fingerprint density at radius 3 is 2.31 bits per heavy atom. The van der Waals surface area contributed by atoms with Crippen molar-refractivity contribution in [3.63, 3.8) is 0 Å². The molecule has 0 radical (unpaired) electrons. The second kappa shape index (κ2) is 14.6. The summed E-state index contributed by atoms with van der Waals surface area (Å²) in [7, 11) is 1.62. The van der Waals surface area contributed by atoms with Crippen molar-refractivity contribution in [1.29, 1.82) is 0 Å². The molecule has 0 bridgehead atoms. The molecule has 39 heavy (non-hydrogen) atoms. The van der Waals surface area contributed by atoms with E-state index in [4.69, 9.17) is 21.1 Å². The van der Waals surface area contributed by atoms with Crippen LogP contribution in [0.4, 0.5) is 0 Å². The molecular weight excluding hydrogens is 512 g/mol. The van der Waals surface area contributed by atoms with Crippen LogP contribution in [0.1, 0.15) is 49.7 Å². The van der Waals surface area contributed by atoms with Gasteiger partial charge in [-0.15, -0.1) is 0 Å². The monoisotopic (exact) mass is 548 g/mol. The van der Waals surface area contributed by atoms with E-state index < -0.39 is 6.04 Å². The van der Waals surface area contributed by atoms with Gasteiger partial charge in [-0.05, 0) is 60.7 Å². The molecule has 0 aromatic heterocycles. The summed E-state index contributed by atoms with van der Waals surface area (Å²) >= 11 is 6.50. The summed E-state index contributed by atoms with van der Waals surface area (Å²) in [4.78, 5) is 29.2. The molecule has 6 nitrogen and oxygen atoms in total. The van der Waals surface area contributed by atoms with Crippen LogP contribution in [0.15, 0.2) is 78.9 Å². The van der Waals surface area contributed by atoms with Crippen LogP contribution in [-0.2, 0) is 22.6 Å². The Hall–Kier alpha value is -3.51. The molecule has 0 unspecified atom stereocenters. The van der Waals surface area contributed by atoms with Crippen molar-refractivity contribution in [3.05, 3.63) is 95.0 Å². The molecule has 3 aromatic carbocycles. The Bertz CT molecular complexity index is 1200. The van der Waals surface area contributed by atoms with E-state index in [0.717, 1.165) is 42.6 Å². The van der Waals surface area contributed by atoms with Crippen LogP contribution < -0.4 is 14.8 Å². The normalized spacial score (nSPS) is 14.0. The molecule has 3 aromatic rings. The fourth-order valence-electron chi connectivity index (χ4n) is 4.96. The number of carbonyl (C=O) groups is 2. The molecule has 1 fully saturated rings. The lowest BCUT2D eigenvalue weighted by Gasteiger charge is -2.32. The van der Waals surface area contributed by atoms with Crippen molar-refractivity contribution in [2.75, 3.05) is 13.7 Å². The van der Waals surface area contributed by atoms with Gasteiger partial charge in [0.2, 0.25) is 11.8 Å². The molecule has 0 aliphatic heterocycles. The van der Waals surface area contributed by atoms with Crippen LogP contribution >= 0.6 is 11.6 Å². The molecule has 1 atom stereocenters. The van der Waals surface area contributed by atoms with Gasteiger partial charge in [0.25, 0.3) is 0 Å². The third-order valence-electron chi connectivity index (χ3n) is 7.13. The third-order valence-corrected chi connectivity index (χ3v) is 7.50. The smallest absolute Gasteiger partial charge is 0.243 e. The summed E-state index contributed by atoms with van der Waals surface area (Å²) < 4.78 is 11.0. The topological polar surface area (TPSA) is 67.9 Å². The van der Waals surface area contributed by atoms with Crippen LogP contribution in [-0.4, -0.2) is 42.5 Å². The molecule has 2 amide bonds. The third kappa shape index (κ3) is 8.49. The minimum atomic E-state index is -0.653. The largest absolute Gasteiger partial charge is 0.497 e. The first-order valence-electron chi connectivity index (χ1n) is 13.7. The summed E-state index contributed by atoms with van der Waals surface area (Å²) in [5, 5.41) is 3.81. The fraction of sp³-hybridized carbons (Fsp3) is 0.375. The van der Waals surface area contributed by atoms with Crippen LogP contribution in [0, 0.1) is 0 Å². The number of halogens is 1. The average Bonchev–Trinajstić information content (AvgIpc) is 3.47. The van der Waals surface area contributed by atoms with Crippen molar-refractivity contribution in [2.45, 2.75) is 63.6 Å². The van der Waals surface area contributed by atoms with E-state index in [1.54, 1.807) is 12.0 Å². The fourth-order valence-corrected chi connectivity index (χ4v) is 5.16. The van der Waals surface area contributed by atoms with Gasteiger partial charge >= 0.3 is 0 Å². The van der Waals surface area contributed by atoms with E-state index in [2.05, 4.69) is 5.32 Å². The quantitative estimate of drug-likeness (QED) is 0.258. The van der Waals surface area contributed by atoms with Gasteiger partial charge in [0.1, 0.15) is 17.5 Å². The molecule has 206 valence electrons. The SMILES string of the molecule is COc1ccc(OCCCC(=O)N(Cc2ccccc2Cl)[C@@H](Cc2ccccc2)C(=O)NC2CCCC2)cc1. The Labute approximate surface area is 236 Å². The van der Waals surface area contributed by atoms with Crippen LogP contribution in [0.3, 0.4) is 0 Å². The molecule has 1 N–H and O–H groups in total. The van der Waals surface area contributed by atoms with E-state index in [1.807, 2.05) is 78.9 Å². The van der Waals surface area contributed by atoms with E-state index in [9.17, 15) is 9.59 Å². The number of carbonyl (C=O) groups excluding carboxylic acids is 2. The summed E-state index contributed by atoms with van der Waals surface area (Å²) in [5.41, 5.74) is 1.82. The van der Waals surface area contributed by atoms with Gasteiger partial charge in [-0.1, -0.05) is 73.0 Å². The van der Waals surface area contributed by atoms with E-state index in [1.165, 1.54) is 0 Å². The summed E-state index contributed by atoms with van der Waals surface area (Å²) in [6.07, 6.45) is 5.39. The maximum Gasteiger partial charge on any atom is 0.243 e. The first kappa shape index (κ1) is 28.5. The molecule has 1 saturated carbocycles. The molecule has 1 aliphatic rings. The van der Waals surface area contributed by atoms with E-state index in [0.29, 0.717) is 30.2 Å². The van der Waals surface area contributed by atoms with Gasteiger partial charge in [0.05, 0.1) is 13.7 Å². The average molecular weight is 549 g/mol. The first-order valence-corrected chi connectivity index (χ1v) is 14.1. The van der Waals surface area contributed by atoms with Gasteiger partial charge in [-0.3, -0.25) is 9.59 Å². The molecular formula is C32H37ClN2O4. The number of hydrogen-bond donors (Lipinski definition) is 1. The van der Waals surface area contributed by atoms with Crippen LogP contribution in [0.2, 0.25) is 5.02 Å². The predicted molar refractivity (Wildman–Crippen MR) is 154 cm³/mol. The molecule has 4 rings (SSSR count). The van der Waals surface area contributed by atoms with Crippen molar-refractivity contribution in [1.82, 2.24) is 10.2 Å². The number of benzene rings is 3. The highest BCUT2D eigenvalue weighted by Crippen LogP contribution is 2.23. The maximum atomic E-state index is 13.8. The number of hydrogen-bond acceptors (Lipinski definition) is 4. The number of nitrogens with one attached hydrogen (secondary N) is 1. The number of ether oxygens (including phenoxy) is 2. The zero-order valence-electron chi connectivity index (χ0n) is 22.5. The van der Waals surface area contributed by atoms with E-state index in [-0.39, 0.29) is 30.8 Å². The maximum absolute atomic E-state index is 13.8.